The second-order valence-corrected chi connectivity index (χ2v) is 5.16. The smallest absolute Gasteiger partial charge is 0.123 e. The summed E-state index contributed by atoms with van der Waals surface area (Å²) in [5.74, 6) is 0.108. The molecule has 0 spiro atoms. The Bertz CT molecular complexity index is 363. The van der Waals surface area contributed by atoms with Gasteiger partial charge in [0.15, 0.2) is 0 Å². The number of benzene rings is 1. The molecule has 17 heavy (non-hydrogen) atoms. The SMILES string of the molecule is C[C@@H]1C[C@@H](CCc2ccc(F)cc2)C(N)[C@@H]1F. The van der Waals surface area contributed by atoms with E-state index in [9.17, 15) is 8.78 Å². The normalized spacial score (nSPS) is 32.9. The van der Waals surface area contributed by atoms with Gasteiger partial charge in [-0.25, -0.2) is 8.78 Å². The van der Waals surface area contributed by atoms with E-state index in [2.05, 4.69) is 0 Å². The van der Waals surface area contributed by atoms with Crippen LogP contribution in [0.1, 0.15) is 25.3 Å². The summed E-state index contributed by atoms with van der Waals surface area (Å²) in [6.07, 6.45) is 1.73. The fourth-order valence-corrected chi connectivity index (χ4v) is 2.72. The molecule has 0 amide bonds. The molecule has 0 heterocycles. The average Bonchev–Trinajstić information content (AvgIpc) is 2.56. The van der Waals surface area contributed by atoms with E-state index in [1.807, 2.05) is 6.92 Å². The van der Waals surface area contributed by atoms with Crippen molar-refractivity contribution in [1.29, 1.82) is 0 Å². The predicted octanol–water partition coefficient (Wildman–Crippen LogP) is 3.08. The number of aryl methyl sites for hydroxylation is 1. The van der Waals surface area contributed by atoms with E-state index in [4.69, 9.17) is 5.73 Å². The van der Waals surface area contributed by atoms with Crippen LogP contribution in [0.2, 0.25) is 0 Å². The molecule has 0 aromatic heterocycles. The van der Waals surface area contributed by atoms with E-state index in [0.29, 0.717) is 0 Å². The summed E-state index contributed by atoms with van der Waals surface area (Å²) in [5, 5.41) is 0. The lowest BCUT2D eigenvalue weighted by Gasteiger charge is -2.16. The summed E-state index contributed by atoms with van der Waals surface area (Å²) in [7, 11) is 0. The number of hydrogen-bond donors (Lipinski definition) is 1. The third-order valence-electron chi connectivity index (χ3n) is 3.85. The van der Waals surface area contributed by atoms with Gasteiger partial charge < -0.3 is 5.73 Å². The molecular weight excluding hydrogens is 220 g/mol. The second-order valence-electron chi connectivity index (χ2n) is 5.16. The van der Waals surface area contributed by atoms with Gasteiger partial charge in [-0.3, -0.25) is 0 Å². The van der Waals surface area contributed by atoms with Gasteiger partial charge in [0.25, 0.3) is 0 Å². The topological polar surface area (TPSA) is 26.0 Å². The van der Waals surface area contributed by atoms with Crippen LogP contribution in [0.3, 0.4) is 0 Å². The lowest BCUT2D eigenvalue weighted by molar-refractivity contribution is 0.247. The van der Waals surface area contributed by atoms with Gasteiger partial charge in [-0.05, 0) is 48.8 Å². The lowest BCUT2D eigenvalue weighted by atomic mass is 9.95. The zero-order valence-corrected chi connectivity index (χ0v) is 10.1. The first-order chi connectivity index (χ1) is 8.08. The highest BCUT2D eigenvalue weighted by Crippen LogP contribution is 2.35. The number of halogens is 2. The first-order valence-corrected chi connectivity index (χ1v) is 6.22. The Balaban J connectivity index is 1.88. The summed E-state index contributed by atoms with van der Waals surface area (Å²) < 4.78 is 26.3. The molecule has 1 aliphatic carbocycles. The van der Waals surface area contributed by atoms with Crippen LogP contribution in [0.15, 0.2) is 24.3 Å². The molecule has 1 nitrogen and oxygen atoms in total. The van der Waals surface area contributed by atoms with Gasteiger partial charge in [0.1, 0.15) is 12.0 Å². The molecule has 94 valence electrons. The Morgan fingerprint density at radius 3 is 2.47 bits per heavy atom. The van der Waals surface area contributed by atoms with Gasteiger partial charge in [-0.2, -0.15) is 0 Å². The van der Waals surface area contributed by atoms with Crippen LogP contribution < -0.4 is 5.73 Å². The summed E-state index contributed by atoms with van der Waals surface area (Å²) in [6, 6.07) is 6.17. The highest BCUT2D eigenvalue weighted by Gasteiger charge is 2.38. The predicted molar refractivity (Wildman–Crippen MR) is 64.9 cm³/mol. The zero-order valence-electron chi connectivity index (χ0n) is 10.1. The maximum absolute atomic E-state index is 13.6. The fourth-order valence-electron chi connectivity index (χ4n) is 2.72. The van der Waals surface area contributed by atoms with E-state index < -0.39 is 6.17 Å². The van der Waals surface area contributed by atoms with Crippen LogP contribution in [0.25, 0.3) is 0 Å². The van der Waals surface area contributed by atoms with E-state index >= 15 is 0 Å². The van der Waals surface area contributed by atoms with Crippen molar-refractivity contribution in [2.75, 3.05) is 0 Å². The zero-order chi connectivity index (χ0) is 12.4. The van der Waals surface area contributed by atoms with Crippen molar-refractivity contribution in [2.45, 2.75) is 38.4 Å². The number of alkyl halides is 1. The summed E-state index contributed by atoms with van der Waals surface area (Å²) in [4.78, 5) is 0. The van der Waals surface area contributed by atoms with Gasteiger partial charge in [0.2, 0.25) is 0 Å². The quantitative estimate of drug-likeness (QED) is 0.862. The first-order valence-electron chi connectivity index (χ1n) is 6.22. The average molecular weight is 239 g/mol. The second kappa shape index (κ2) is 5.13. The summed E-state index contributed by atoms with van der Waals surface area (Å²) in [6.45, 7) is 1.92. The molecule has 1 fully saturated rings. The molecule has 2 N–H and O–H groups in total. The minimum absolute atomic E-state index is 0.0724. The monoisotopic (exact) mass is 239 g/mol. The maximum Gasteiger partial charge on any atom is 0.123 e. The Morgan fingerprint density at radius 1 is 1.29 bits per heavy atom. The Hall–Kier alpha value is -0.960. The number of nitrogens with two attached hydrogens (primary N) is 1. The van der Waals surface area contributed by atoms with E-state index in [-0.39, 0.29) is 23.7 Å². The van der Waals surface area contributed by atoms with Crippen LogP contribution in [0.5, 0.6) is 0 Å². The Morgan fingerprint density at radius 2 is 1.94 bits per heavy atom. The molecule has 0 saturated heterocycles. The van der Waals surface area contributed by atoms with Gasteiger partial charge in [-0.15, -0.1) is 0 Å². The van der Waals surface area contributed by atoms with E-state index in [0.717, 1.165) is 24.8 Å². The van der Waals surface area contributed by atoms with E-state index in [1.54, 1.807) is 12.1 Å². The lowest BCUT2D eigenvalue weighted by Crippen LogP contribution is -2.33. The molecular formula is C14H19F2N. The van der Waals surface area contributed by atoms with Gasteiger partial charge in [-0.1, -0.05) is 19.1 Å². The van der Waals surface area contributed by atoms with E-state index in [1.165, 1.54) is 12.1 Å². The maximum atomic E-state index is 13.6. The molecule has 3 heteroatoms. The van der Waals surface area contributed by atoms with Crippen molar-refractivity contribution >= 4 is 0 Å². The molecule has 1 saturated carbocycles. The van der Waals surface area contributed by atoms with Crippen LogP contribution in [-0.2, 0) is 6.42 Å². The number of hydrogen-bond acceptors (Lipinski definition) is 1. The van der Waals surface area contributed by atoms with Crippen LogP contribution in [0.4, 0.5) is 8.78 Å². The van der Waals surface area contributed by atoms with Crippen LogP contribution in [0, 0.1) is 17.7 Å². The minimum atomic E-state index is -0.867. The number of rotatable bonds is 3. The van der Waals surface area contributed by atoms with Crippen molar-refractivity contribution in [3.63, 3.8) is 0 Å². The molecule has 0 radical (unpaired) electrons. The van der Waals surface area contributed by atoms with Crippen LogP contribution in [-0.4, -0.2) is 12.2 Å². The van der Waals surface area contributed by atoms with Gasteiger partial charge in [0, 0.05) is 6.04 Å². The Labute approximate surface area is 101 Å². The Kier molecular flexibility index (Phi) is 3.77. The van der Waals surface area contributed by atoms with Crippen LogP contribution >= 0.6 is 0 Å². The summed E-state index contributed by atoms with van der Waals surface area (Å²) >= 11 is 0. The highest BCUT2D eigenvalue weighted by atomic mass is 19.1. The minimum Gasteiger partial charge on any atom is -0.325 e. The van der Waals surface area contributed by atoms with Crippen molar-refractivity contribution in [1.82, 2.24) is 0 Å². The first kappa shape index (κ1) is 12.5. The molecule has 4 atom stereocenters. The fraction of sp³-hybridized carbons (Fsp3) is 0.571. The third kappa shape index (κ3) is 2.83. The van der Waals surface area contributed by atoms with Gasteiger partial charge in [0.05, 0.1) is 0 Å². The molecule has 1 aromatic rings. The molecule has 1 aromatic carbocycles. The highest BCUT2D eigenvalue weighted by molar-refractivity contribution is 5.16. The molecule has 0 bridgehead atoms. The standard InChI is InChI=1S/C14H19F2N/c1-9-8-11(14(17)13(9)16)5-2-10-3-6-12(15)7-4-10/h3-4,6-7,9,11,13-14H,2,5,8,17H2,1H3/t9-,11-,13-,14?/m1/s1. The largest absolute Gasteiger partial charge is 0.325 e. The third-order valence-corrected chi connectivity index (χ3v) is 3.85. The van der Waals surface area contributed by atoms with Crippen molar-refractivity contribution in [3.8, 4) is 0 Å². The van der Waals surface area contributed by atoms with Crippen molar-refractivity contribution in [2.24, 2.45) is 17.6 Å². The summed E-state index contributed by atoms with van der Waals surface area (Å²) in [5.41, 5.74) is 6.96. The molecule has 1 unspecified atom stereocenters. The molecule has 0 aliphatic heterocycles. The molecule has 2 rings (SSSR count). The van der Waals surface area contributed by atoms with Crippen molar-refractivity contribution in [3.05, 3.63) is 35.6 Å². The van der Waals surface area contributed by atoms with Crippen molar-refractivity contribution < 1.29 is 8.78 Å². The van der Waals surface area contributed by atoms with Gasteiger partial charge >= 0.3 is 0 Å². The molecule has 1 aliphatic rings.